The van der Waals surface area contributed by atoms with Crippen LogP contribution in [0, 0.1) is 13.0 Å². The van der Waals surface area contributed by atoms with Gasteiger partial charge in [-0.1, -0.05) is 18.2 Å². The summed E-state index contributed by atoms with van der Waals surface area (Å²) in [6.45, 7) is 3.37. The molecule has 2 aromatic rings. The third-order valence-corrected chi connectivity index (χ3v) is 6.97. The molecule has 0 aliphatic carbocycles. The number of imide groups is 1. The van der Waals surface area contributed by atoms with Gasteiger partial charge in [0, 0.05) is 5.56 Å². The Balaban J connectivity index is 1.79. The molecule has 1 heterocycles. The van der Waals surface area contributed by atoms with E-state index >= 15 is 0 Å². The smallest absolute Gasteiger partial charge is 0.329 e. The summed E-state index contributed by atoms with van der Waals surface area (Å²) >= 11 is 5.00. The van der Waals surface area contributed by atoms with E-state index in [2.05, 4.69) is 45.2 Å². The standard InChI is InChI=1S/C22H18FI2NO5S/c1-3-30-21(28)12(2)26-20(27)18(32-22(26)29)10-13-8-16(24)19(17(25)9-13)31-11-14-6-4-5-7-15(14)23/h4-10,12H,3,11H2,1-2H3/b18-10+/t12-/m0/s1. The number of thioether (sulfide) groups is 1. The van der Waals surface area contributed by atoms with Gasteiger partial charge in [0.15, 0.2) is 0 Å². The van der Waals surface area contributed by atoms with Crippen LogP contribution in [-0.4, -0.2) is 34.7 Å². The molecule has 1 saturated heterocycles. The van der Waals surface area contributed by atoms with Gasteiger partial charge in [0.25, 0.3) is 11.1 Å². The number of hydrogen-bond donors (Lipinski definition) is 0. The highest BCUT2D eigenvalue weighted by molar-refractivity contribution is 14.1. The number of amides is 2. The van der Waals surface area contributed by atoms with Gasteiger partial charge in [0.2, 0.25) is 0 Å². The summed E-state index contributed by atoms with van der Waals surface area (Å²) in [5, 5.41) is -0.518. The lowest BCUT2D eigenvalue weighted by atomic mass is 10.2. The molecule has 0 unspecified atom stereocenters. The van der Waals surface area contributed by atoms with Gasteiger partial charge in [-0.15, -0.1) is 0 Å². The second kappa shape index (κ2) is 11.0. The molecule has 10 heteroatoms. The zero-order valence-corrected chi connectivity index (χ0v) is 22.2. The fourth-order valence-corrected chi connectivity index (χ4v) is 5.94. The molecule has 1 fully saturated rings. The van der Waals surface area contributed by atoms with Crippen LogP contribution in [0.25, 0.3) is 6.08 Å². The first-order valence-electron chi connectivity index (χ1n) is 9.51. The van der Waals surface area contributed by atoms with Crippen molar-refractivity contribution in [2.45, 2.75) is 26.5 Å². The highest BCUT2D eigenvalue weighted by Crippen LogP contribution is 2.36. The van der Waals surface area contributed by atoms with E-state index in [1.165, 1.54) is 13.0 Å². The van der Waals surface area contributed by atoms with Crippen LogP contribution in [-0.2, 0) is 20.9 Å². The molecule has 168 valence electrons. The number of benzene rings is 2. The second-order valence-electron chi connectivity index (χ2n) is 6.67. The molecule has 6 nitrogen and oxygen atoms in total. The number of ether oxygens (including phenoxy) is 2. The van der Waals surface area contributed by atoms with Crippen LogP contribution in [0.15, 0.2) is 41.3 Å². The van der Waals surface area contributed by atoms with E-state index in [4.69, 9.17) is 9.47 Å². The van der Waals surface area contributed by atoms with E-state index in [0.29, 0.717) is 16.9 Å². The van der Waals surface area contributed by atoms with Crippen molar-refractivity contribution < 1.29 is 28.2 Å². The Morgan fingerprint density at radius 1 is 1.22 bits per heavy atom. The van der Waals surface area contributed by atoms with Crippen LogP contribution < -0.4 is 4.74 Å². The largest absolute Gasteiger partial charge is 0.487 e. The molecule has 0 bridgehead atoms. The van der Waals surface area contributed by atoms with Gasteiger partial charge in [0.05, 0.1) is 18.7 Å². The number of hydrogen-bond acceptors (Lipinski definition) is 6. The van der Waals surface area contributed by atoms with Crippen LogP contribution in [0.3, 0.4) is 0 Å². The van der Waals surface area contributed by atoms with Crippen LogP contribution in [0.1, 0.15) is 25.0 Å². The van der Waals surface area contributed by atoms with E-state index in [1.54, 1.807) is 31.2 Å². The van der Waals surface area contributed by atoms with E-state index in [0.717, 1.165) is 23.8 Å². The average molecular weight is 681 g/mol. The molecule has 1 atom stereocenters. The molecule has 1 aliphatic heterocycles. The van der Waals surface area contributed by atoms with Crippen LogP contribution in [0.2, 0.25) is 0 Å². The highest BCUT2D eigenvalue weighted by Gasteiger charge is 2.41. The van der Waals surface area contributed by atoms with Gasteiger partial charge in [0.1, 0.15) is 24.2 Å². The first-order chi connectivity index (χ1) is 15.2. The van der Waals surface area contributed by atoms with Crippen molar-refractivity contribution in [2.24, 2.45) is 0 Å². The van der Waals surface area contributed by atoms with Crippen molar-refractivity contribution in [2.75, 3.05) is 6.61 Å². The zero-order valence-electron chi connectivity index (χ0n) is 17.1. The predicted octanol–water partition coefficient (Wildman–Crippen LogP) is 5.60. The van der Waals surface area contributed by atoms with Crippen LogP contribution in [0.5, 0.6) is 5.75 Å². The predicted molar refractivity (Wildman–Crippen MR) is 137 cm³/mol. The Bertz CT molecular complexity index is 1080. The van der Waals surface area contributed by atoms with E-state index in [-0.39, 0.29) is 23.9 Å². The van der Waals surface area contributed by atoms with Crippen molar-refractivity contribution in [1.82, 2.24) is 4.90 Å². The normalized spacial score (nSPS) is 15.9. The molecule has 1 aliphatic rings. The molecule has 0 saturated carbocycles. The van der Waals surface area contributed by atoms with Gasteiger partial charge in [-0.25, -0.2) is 9.18 Å². The minimum atomic E-state index is -0.997. The average Bonchev–Trinajstić information content (AvgIpc) is 3.01. The van der Waals surface area contributed by atoms with E-state index in [1.807, 2.05) is 12.1 Å². The Morgan fingerprint density at radius 2 is 1.88 bits per heavy atom. The first-order valence-corrected chi connectivity index (χ1v) is 12.5. The number of carbonyl (C=O) groups is 3. The van der Waals surface area contributed by atoms with Gasteiger partial charge in [-0.05, 0) is 101 Å². The number of rotatable bonds is 7. The van der Waals surface area contributed by atoms with Gasteiger partial charge < -0.3 is 9.47 Å². The highest BCUT2D eigenvalue weighted by atomic mass is 127. The summed E-state index contributed by atoms with van der Waals surface area (Å²) in [6.07, 6.45) is 1.60. The first kappa shape index (κ1) is 25.0. The minimum absolute atomic E-state index is 0.0860. The summed E-state index contributed by atoms with van der Waals surface area (Å²) < 4.78 is 26.2. The Labute approximate surface area is 216 Å². The quantitative estimate of drug-likeness (QED) is 0.215. The van der Waals surface area contributed by atoms with Gasteiger partial charge in [-0.3, -0.25) is 14.5 Å². The molecule has 0 aromatic heterocycles. The summed E-state index contributed by atoms with van der Waals surface area (Å²) in [4.78, 5) is 38.2. The van der Waals surface area contributed by atoms with Crippen LogP contribution in [0.4, 0.5) is 9.18 Å². The molecular weight excluding hydrogens is 663 g/mol. The van der Waals surface area contributed by atoms with Crippen molar-refractivity contribution >= 4 is 80.1 Å². The van der Waals surface area contributed by atoms with E-state index in [9.17, 15) is 18.8 Å². The third kappa shape index (κ3) is 5.63. The summed E-state index contributed by atoms with van der Waals surface area (Å²) in [5.74, 6) is -0.889. The Hall–Kier alpha value is -1.67. The van der Waals surface area contributed by atoms with Crippen molar-refractivity contribution in [3.05, 3.63) is 65.4 Å². The Kier molecular flexibility index (Phi) is 8.55. The molecule has 2 amide bonds. The monoisotopic (exact) mass is 681 g/mol. The number of halogens is 3. The third-order valence-electron chi connectivity index (χ3n) is 4.49. The summed E-state index contributed by atoms with van der Waals surface area (Å²) in [6, 6.07) is 9.03. The van der Waals surface area contributed by atoms with Crippen molar-refractivity contribution in [3.8, 4) is 5.75 Å². The fraction of sp³-hybridized carbons (Fsp3) is 0.227. The lowest BCUT2D eigenvalue weighted by molar-refractivity contribution is -0.150. The maximum atomic E-state index is 13.8. The van der Waals surface area contributed by atoms with Gasteiger partial charge in [-0.2, -0.15) is 0 Å². The molecule has 32 heavy (non-hydrogen) atoms. The topological polar surface area (TPSA) is 72.9 Å². The molecule has 0 N–H and O–H groups in total. The number of nitrogens with zero attached hydrogens (tertiary/aromatic N) is 1. The van der Waals surface area contributed by atoms with Crippen LogP contribution >= 0.6 is 56.9 Å². The lowest BCUT2D eigenvalue weighted by Gasteiger charge is -2.19. The lowest BCUT2D eigenvalue weighted by Crippen LogP contribution is -2.42. The number of carbonyl (C=O) groups excluding carboxylic acids is 3. The van der Waals surface area contributed by atoms with Gasteiger partial charge >= 0.3 is 5.97 Å². The Morgan fingerprint density at radius 3 is 2.50 bits per heavy atom. The zero-order chi connectivity index (χ0) is 23.4. The fourth-order valence-electron chi connectivity index (χ4n) is 2.90. The summed E-state index contributed by atoms with van der Waals surface area (Å²) in [7, 11) is 0. The number of esters is 1. The summed E-state index contributed by atoms with van der Waals surface area (Å²) in [5.41, 5.74) is 1.15. The van der Waals surface area contributed by atoms with Crippen molar-refractivity contribution in [3.63, 3.8) is 0 Å². The van der Waals surface area contributed by atoms with Crippen molar-refractivity contribution in [1.29, 1.82) is 0 Å². The minimum Gasteiger partial charge on any atom is -0.487 e. The molecule has 0 spiro atoms. The maximum Gasteiger partial charge on any atom is 0.329 e. The molecular formula is C22H18FI2NO5S. The molecule has 2 aromatic carbocycles. The maximum absolute atomic E-state index is 13.8. The second-order valence-corrected chi connectivity index (χ2v) is 9.99. The molecule has 3 rings (SSSR count). The SMILES string of the molecule is CCOC(=O)[C@H](C)N1C(=O)S/C(=C/c2cc(I)c(OCc3ccccc3F)c(I)c2)C1=O. The molecule has 0 radical (unpaired) electrons. The van der Waals surface area contributed by atoms with E-state index < -0.39 is 23.2 Å².